The topological polar surface area (TPSA) is 75.5 Å². The Labute approximate surface area is 126 Å². The zero-order valence-electron chi connectivity index (χ0n) is 11.9. The summed E-state index contributed by atoms with van der Waals surface area (Å²) < 4.78 is 1.56. The Bertz CT molecular complexity index is 611. The van der Waals surface area contributed by atoms with Gasteiger partial charge in [-0.1, -0.05) is 11.8 Å². The lowest BCUT2D eigenvalue weighted by Crippen LogP contribution is -2.41. The molecule has 3 rings (SSSR count). The lowest BCUT2D eigenvalue weighted by Gasteiger charge is -2.21. The van der Waals surface area contributed by atoms with Gasteiger partial charge in [0.15, 0.2) is 0 Å². The van der Waals surface area contributed by atoms with Crippen LogP contribution in [0.4, 0.5) is 4.79 Å². The number of likely N-dealkylation sites (tertiary alicyclic amines) is 1. The standard InChI is InChI=1S/C13H16N4O3S/c1-8-5-10(15(2)14-8)12(19)16-4-3-9(6-16)17-11(18)7-21-13(17)20/h5,9H,3-4,6-7H2,1-2H3. The van der Waals surface area contributed by atoms with E-state index in [9.17, 15) is 14.4 Å². The van der Waals surface area contributed by atoms with Gasteiger partial charge in [-0.3, -0.25) is 24.0 Å². The fourth-order valence-electron chi connectivity index (χ4n) is 2.83. The molecule has 0 spiro atoms. The first-order chi connectivity index (χ1) is 9.97. The Morgan fingerprint density at radius 3 is 2.76 bits per heavy atom. The van der Waals surface area contributed by atoms with E-state index in [-0.39, 0.29) is 28.8 Å². The summed E-state index contributed by atoms with van der Waals surface area (Å²) in [6.07, 6.45) is 0.639. The van der Waals surface area contributed by atoms with E-state index in [1.54, 1.807) is 22.7 Å². The smallest absolute Gasteiger partial charge is 0.289 e. The van der Waals surface area contributed by atoms with Crippen molar-refractivity contribution in [3.8, 4) is 0 Å². The van der Waals surface area contributed by atoms with Crippen molar-refractivity contribution in [2.75, 3.05) is 18.8 Å². The third-order valence-corrected chi connectivity index (χ3v) is 4.66. The number of amides is 3. The maximum absolute atomic E-state index is 12.5. The Morgan fingerprint density at radius 2 is 2.19 bits per heavy atom. The molecule has 2 saturated heterocycles. The van der Waals surface area contributed by atoms with E-state index in [1.165, 1.54) is 4.90 Å². The lowest BCUT2D eigenvalue weighted by atomic mass is 10.2. The number of rotatable bonds is 2. The van der Waals surface area contributed by atoms with E-state index in [1.807, 2.05) is 6.92 Å². The van der Waals surface area contributed by atoms with E-state index in [2.05, 4.69) is 5.10 Å². The second-order valence-corrected chi connectivity index (χ2v) is 6.23. The molecule has 0 bridgehead atoms. The molecule has 1 aromatic heterocycles. The van der Waals surface area contributed by atoms with Crippen LogP contribution >= 0.6 is 11.8 Å². The molecule has 0 saturated carbocycles. The van der Waals surface area contributed by atoms with Crippen LogP contribution in [-0.2, 0) is 11.8 Å². The summed E-state index contributed by atoms with van der Waals surface area (Å²) in [5.41, 5.74) is 1.32. The minimum atomic E-state index is -0.198. The molecule has 2 fully saturated rings. The van der Waals surface area contributed by atoms with Gasteiger partial charge in [0.25, 0.3) is 11.1 Å². The van der Waals surface area contributed by atoms with Crippen molar-refractivity contribution >= 4 is 28.8 Å². The van der Waals surface area contributed by atoms with Crippen LogP contribution in [0.5, 0.6) is 0 Å². The second-order valence-electron chi connectivity index (χ2n) is 5.31. The van der Waals surface area contributed by atoms with Gasteiger partial charge in [0, 0.05) is 20.1 Å². The molecule has 0 N–H and O–H groups in total. The summed E-state index contributed by atoms with van der Waals surface area (Å²) >= 11 is 1.03. The average Bonchev–Trinajstić information content (AvgIpc) is 3.10. The fraction of sp³-hybridized carbons (Fsp3) is 0.538. The molecule has 1 atom stereocenters. The van der Waals surface area contributed by atoms with E-state index < -0.39 is 0 Å². The van der Waals surface area contributed by atoms with Crippen LogP contribution in [0.1, 0.15) is 22.6 Å². The minimum absolute atomic E-state index is 0.104. The highest BCUT2D eigenvalue weighted by molar-refractivity contribution is 8.14. The molecule has 21 heavy (non-hydrogen) atoms. The second kappa shape index (κ2) is 5.18. The van der Waals surface area contributed by atoms with Crippen molar-refractivity contribution in [2.24, 2.45) is 7.05 Å². The minimum Gasteiger partial charge on any atom is -0.335 e. The number of aryl methyl sites for hydroxylation is 2. The number of hydrogen-bond acceptors (Lipinski definition) is 5. The number of thioether (sulfide) groups is 1. The SMILES string of the molecule is Cc1cc(C(=O)N2CCC(N3C(=O)CSC3=O)C2)n(C)n1. The monoisotopic (exact) mass is 308 g/mol. The first-order valence-corrected chi connectivity index (χ1v) is 7.74. The molecule has 8 heteroatoms. The van der Waals surface area contributed by atoms with Crippen LogP contribution in [0, 0.1) is 6.92 Å². The number of aromatic nitrogens is 2. The zero-order chi connectivity index (χ0) is 15.1. The third kappa shape index (κ3) is 2.44. The fourth-order valence-corrected chi connectivity index (χ4v) is 3.60. The van der Waals surface area contributed by atoms with Crippen LogP contribution in [0.2, 0.25) is 0 Å². The Hall–Kier alpha value is -1.83. The molecular weight excluding hydrogens is 292 g/mol. The van der Waals surface area contributed by atoms with Crippen molar-refractivity contribution < 1.29 is 14.4 Å². The van der Waals surface area contributed by atoms with Crippen molar-refractivity contribution in [3.63, 3.8) is 0 Å². The van der Waals surface area contributed by atoms with Gasteiger partial charge >= 0.3 is 0 Å². The molecule has 3 amide bonds. The van der Waals surface area contributed by atoms with Crippen molar-refractivity contribution in [1.29, 1.82) is 0 Å². The summed E-state index contributed by atoms with van der Waals surface area (Å²) in [6, 6.07) is 1.55. The molecule has 0 aromatic carbocycles. The molecule has 112 valence electrons. The number of carbonyl (C=O) groups is 3. The first kappa shape index (κ1) is 14.1. The Kier molecular flexibility index (Phi) is 3.48. The molecule has 7 nitrogen and oxygen atoms in total. The van der Waals surface area contributed by atoms with Gasteiger partial charge in [-0.2, -0.15) is 5.10 Å². The quantitative estimate of drug-likeness (QED) is 0.801. The molecular formula is C13H16N4O3S. The number of nitrogens with zero attached hydrogens (tertiary/aromatic N) is 4. The number of carbonyl (C=O) groups excluding carboxylic acids is 3. The van der Waals surface area contributed by atoms with Gasteiger partial charge in [0.05, 0.1) is 17.5 Å². The number of imide groups is 1. The van der Waals surface area contributed by atoms with Crippen LogP contribution in [-0.4, -0.2) is 61.5 Å². The normalized spacial score (nSPS) is 22.5. The lowest BCUT2D eigenvalue weighted by molar-refractivity contribution is -0.126. The van der Waals surface area contributed by atoms with Gasteiger partial charge in [0.1, 0.15) is 5.69 Å². The molecule has 1 aromatic rings. The van der Waals surface area contributed by atoms with Crippen LogP contribution in [0.15, 0.2) is 6.07 Å². The highest BCUT2D eigenvalue weighted by atomic mass is 32.2. The van der Waals surface area contributed by atoms with E-state index in [4.69, 9.17) is 0 Å². The van der Waals surface area contributed by atoms with E-state index >= 15 is 0 Å². The first-order valence-electron chi connectivity index (χ1n) is 6.76. The Morgan fingerprint density at radius 1 is 1.43 bits per heavy atom. The average molecular weight is 308 g/mol. The van der Waals surface area contributed by atoms with Crippen LogP contribution in [0.25, 0.3) is 0 Å². The maximum atomic E-state index is 12.5. The predicted molar refractivity (Wildman–Crippen MR) is 77.0 cm³/mol. The molecule has 1 unspecified atom stereocenters. The third-order valence-electron chi connectivity index (χ3n) is 3.82. The largest absolute Gasteiger partial charge is 0.335 e. The van der Waals surface area contributed by atoms with Crippen molar-refractivity contribution in [3.05, 3.63) is 17.5 Å². The molecule has 0 radical (unpaired) electrons. The molecule has 2 aliphatic heterocycles. The van der Waals surface area contributed by atoms with Gasteiger partial charge < -0.3 is 4.90 Å². The van der Waals surface area contributed by atoms with Gasteiger partial charge in [0.2, 0.25) is 5.91 Å². The summed E-state index contributed by atoms with van der Waals surface area (Å²) in [5, 5.41) is 3.97. The summed E-state index contributed by atoms with van der Waals surface area (Å²) in [7, 11) is 1.73. The highest BCUT2D eigenvalue weighted by Gasteiger charge is 2.40. The zero-order valence-corrected chi connectivity index (χ0v) is 12.7. The van der Waals surface area contributed by atoms with Crippen LogP contribution < -0.4 is 0 Å². The van der Waals surface area contributed by atoms with Gasteiger partial charge in [-0.05, 0) is 19.4 Å². The summed E-state index contributed by atoms with van der Waals surface area (Å²) in [5.74, 6) is -0.0440. The van der Waals surface area contributed by atoms with Gasteiger partial charge in [-0.25, -0.2) is 0 Å². The summed E-state index contributed by atoms with van der Waals surface area (Å²) in [6.45, 7) is 2.79. The maximum Gasteiger partial charge on any atom is 0.289 e. The van der Waals surface area contributed by atoms with Gasteiger partial charge in [-0.15, -0.1) is 0 Å². The molecule has 0 aliphatic carbocycles. The Balaban J connectivity index is 1.72. The van der Waals surface area contributed by atoms with E-state index in [0.29, 0.717) is 25.2 Å². The summed E-state index contributed by atoms with van der Waals surface area (Å²) in [4.78, 5) is 38.9. The number of hydrogen-bond donors (Lipinski definition) is 0. The highest BCUT2D eigenvalue weighted by Crippen LogP contribution is 2.26. The van der Waals surface area contributed by atoms with Crippen molar-refractivity contribution in [2.45, 2.75) is 19.4 Å². The van der Waals surface area contributed by atoms with Crippen molar-refractivity contribution in [1.82, 2.24) is 19.6 Å². The van der Waals surface area contributed by atoms with Crippen LogP contribution in [0.3, 0.4) is 0 Å². The molecule has 3 heterocycles. The van der Waals surface area contributed by atoms with E-state index in [0.717, 1.165) is 17.5 Å². The molecule has 2 aliphatic rings. The predicted octanol–water partition coefficient (Wildman–Crippen LogP) is 0.638.